The number of aromatic nitrogens is 2. The summed E-state index contributed by atoms with van der Waals surface area (Å²) in [5.41, 5.74) is 0.252. The third kappa shape index (κ3) is 1.72. The smallest absolute Gasteiger partial charge is 0.154 e. The van der Waals surface area contributed by atoms with Crippen LogP contribution in [0.3, 0.4) is 0 Å². The fraction of sp³-hybridized carbons (Fsp3) is 0.100. The normalized spacial score (nSPS) is 10.7. The Morgan fingerprint density at radius 2 is 1.73 bits per heavy atom. The van der Waals surface area contributed by atoms with E-state index in [-0.39, 0.29) is 5.69 Å². The Morgan fingerprint density at radius 1 is 1.13 bits per heavy atom. The molecule has 0 saturated carbocycles. The first kappa shape index (κ1) is 9.76. The van der Waals surface area contributed by atoms with E-state index in [4.69, 9.17) is 0 Å². The topological polar surface area (TPSA) is 17.8 Å². The number of halogens is 3. The van der Waals surface area contributed by atoms with Gasteiger partial charge in [-0.2, -0.15) is 5.10 Å². The lowest BCUT2D eigenvalue weighted by molar-refractivity contribution is 0.528. The molecule has 15 heavy (non-hydrogen) atoms. The van der Waals surface area contributed by atoms with Crippen molar-refractivity contribution in [3.63, 3.8) is 0 Å². The minimum atomic E-state index is -0.976. The van der Waals surface area contributed by atoms with Crippen molar-refractivity contribution in [2.45, 2.75) is 6.92 Å². The van der Waals surface area contributed by atoms with Crippen LogP contribution in [0.5, 0.6) is 0 Å². The lowest BCUT2D eigenvalue weighted by Crippen LogP contribution is -2.03. The summed E-state index contributed by atoms with van der Waals surface area (Å²) in [6, 6.07) is 2.84. The van der Waals surface area contributed by atoms with Crippen LogP contribution in [0.25, 0.3) is 5.69 Å². The van der Waals surface area contributed by atoms with E-state index < -0.39 is 17.5 Å². The molecular formula is C10H7F3N2. The second-order valence-corrected chi connectivity index (χ2v) is 3.12. The van der Waals surface area contributed by atoms with Crippen LogP contribution < -0.4 is 0 Å². The van der Waals surface area contributed by atoms with Gasteiger partial charge < -0.3 is 0 Å². The van der Waals surface area contributed by atoms with Crippen molar-refractivity contribution in [3.05, 3.63) is 47.5 Å². The van der Waals surface area contributed by atoms with Crippen LogP contribution in [0.4, 0.5) is 13.2 Å². The summed E-state index contributed by atoms with van der Waals surface area (Å²) in [7, 11) is 0. The Balaban J connectivity index is 2.62. The molecule has 2 nitrogen and oxygen atoms in total. The van der Waals surface area contributed by atoms with Crippen molar-refractivity contribution in [1.29, 1.82) is 0 Å². The van der Waals surface area contributed by atoms with Crippen LogP contribution in [-0.4, -0.2) is 9.78 Å². The molecule has 5 heteroatoms. The van der Waals surface area contributed by atoms with Gasteiger partial charge in [-0.25, -0.2) is 17.9 Å². The molecule has 0 fully saturated rings. The minimum absolute atomic E-state index is 0.371. The standard InChI is InChI=1S/C10H7F3N2/c1-6-2-3-15(14-6)10-8(12)4-7(11)5-9(10)13/h2-5H,1H3. The van der Waals surface area contributed by atoms with E-state index in [1.165, 1.54) is 6.20 Å². The van der Waals surface area contributed by atoms with Gasteiger partial charge in [0.1, 0.15) is 11.5 Å². The zero-order chi connectivity index (χ0) is 11.0. The highest BCUT2D eigenvalue weighted by atomic mass is 19.1. The highest BCUT2D eigenvalue weighted by Crippen LogP contribution is 2.18. The van der Waals surface area contributed by atoms with Crippen molar-refractivity contribution >= 4 is 0 Å². The molecule has 2 aromatic rings. The van der Waals surface area contributed by atoms with E-state index in [1.54, 1.807) is 13.0 Å². The predicted molar refractivity (Wildman–Crippen MR) is 48.2 cm³/mol. The third-order valence-corrected chi connectivity index (χ3v) is 1.93. The summed E-state index contributed by atoms with van der Waals surface area (Å²) in [6.07, 6.45) is 1.41. The molecule has 0 aliphatic carbocycles. The SMILES string of the molecule is Cc1ccn(-c2c(F)cc(F)cc2F)n1. The van der Waals surface area contributed by atoms with E-state index in [1.807, 2.05) is 0 Å². The van der Waals surface area contributed by atoms with Crippen molar-refractivity contribution in [3.8, 4) is 5.69 Å². The molecule has 0 aliphatic heterocycles. The van der Waals surface area contributed by atoms with Gasteiger partial charge in [-0.15, -0.1) is 0 Å². The number of aryl methyl sites for hydroxylation is 1. The van der Waals surface area contributed by atoms with E-state index in [0.29, 0.717) is 17.8 Å². The van der Waals surface area contributed by atoms with E-state index >= 15 is 0 Å². The van der Waals surface area contributed by atoms with Gasteiger partial charge >= 0.3 is 0 Å². The molecule has 0 spiro atoms. The van der Waals surface area contributed by atoms with Gasteiger partial charge in [0.05, 0.1) is 5.69 Å². The van der Waals surface area contributed by atoms with Crippen molar-refractivity contribution in [1.82, 2.24) is 9.78 Å². The second-order valence-electron chi connectivity index (χ2n) is 3.12. The molecular weight excluding hydrogens is 205 g/mol. The average Bonchev–Trinajstić information content (AvgIpc) is 2.49. The maximum absolute atomic E-state index is 13.3. The number of benzene rings is 1. The Labute approximate surface area is 84.0 Å². The molecule has 0 N–H and O–H groups in total. The largest absolute Gasteiger partial charge is 0.235 e. The number of hydrogen-bond acceptors (Lipinski definition) is 1. The second kappa shape index (κ2) is 3.42. The van der Waals surface area contributed by atoms with Gasteiger partial charge in [-0.1, -0.05) is 0 Å². The van der Waals surface area contributed by atoms with E-state index in [9.17, 15) is 13.2 Å². The number of rotatable bonds is 1. The summed E-state index contributed by atoms with van der Waals surface area (Å²) in [4.78, 5) is 0. The maximum Gasteiger partial charge on any atom is 0.154 e. The first-order chi connectivity index (χ1) is 7.08. The first-order valence-corrected chi connectivity index (χ1v) is 4.25. The third-order valence-electron chi connectivity index (χ3n) is 1.93. The number of hydrogen-bond donors (Lipinski definition) is 0. The molecule has 0 bridgehead atoms. The Hall–Kier alpha value is -1.78. The highest BCUT2D eigenvalue weighted by Gasteiger charge is 2.13. The lowest BCUT2D eigenvalue weighted by Gasteiger charge is -2.04. The summed E-state index contributed by atoms with van der Waals surface area (Å²) in [5, 5.41) is 3.85. The molecule has 0 amide bonds. The summed E-state index contributed by atoms with van der Waals surface area (Å²) < 4.78 is 40.2. The van der Waals surface area contributed by atoms with Gasteiger partial charge in [0.25, 0.3) is 0 Å². The lowest BCUT2D eigenvalue weighted by atomic mass is 10.3. The van der Waals surface area contributed by atoms with Crippen LogP contribution in [-0.2, 0) is 0 Å². The van der Waals surface area contributed by atoms with Gasteiger partial charge in [-0.3, -0.25) is 0 Å². The fourth-order valence-corrected chi connectivity index (χ4v) is 1.29. The predicted octanol–water partition coefficient (Wildman–Crippen LogP) is 2.60. The van der Waals surface area contributed by atoms with Gasteiger partial charge in [-0.05, 0) is 13.0 Å². The quantitative estimate of drug-likeness (QED) is 0.710. The monoisotopic (exact) mass is 212 g/mol. The van der Waals surface area contributed by atoms with Crippen LogP contribution in [0.1, 0.15) is 5.69 Å². The Bertz CT molecular complexity index is 482. The summed E-state index contributed by atoms with van der Waals surface area (Å²) in [6.45, 7) is 1.69. The summed E-state index contributed by atoms with van der Waals surface area (Å²) in [5.74, 6) is -2.90. The van der Waals surface area contributed by atoms with Crippen LogP contribution >= 0.6 is 0 Å². The van der Waals surface area contributed by atoms with Crippen molar-refractivity contribution in [2.24, 2.45) is 0 Å². The molecule has 1 aromatic carbocycles. The molecule has 0 aliphatic rings. The van der Waals surface area contributed by atoms with Crippen LogP contribution in [0.2, 0.25) is 0 Å². The molecule has 0 saturated heterocycles. The Kier molecular flexibility index (Phi) is 2.22. The number of nitrogens with zero attached hydrogens (tertiary/aromatic N) is 2. The Morgan fingerprint density at radius 3 is 2.20 bits per heavy atom. The minimum Gasteiger partial charge on any atom is -0.235 e. The van der Waals surface area contributed by atoms with Gasteiger partial charge in [0, 0.05) is 18.3 Å². The van der Waals surface area contributed by atoms with Crippen molar-refractivity contribution in [2.75, 3.05) is 0 Å². The molecule has 78 valence electrons. The van der Waals surface area contributed by atoms with Gasteiger partial charge in [0.2, 0.25) is 0 Å². The van der Waals surface area contributed by atoms with Crippen LogP contribution in [0.15, 0.2) is 24.4 Å². The van der Waals surface area contributed by atoms with Gasteiger partial charge in [0.15, 0.2) is 11.6 Å². The average molecular weight is 212 g/mol. The summed E-state index contributed by atoms with van der Waals surface area (Å²) >= 11 is 0. The zero-order valence-corrected chi connectivity index (χ0v) is 7.84. The molecule has 0 atom stereocenters. The maximum atomic E-state index is 13.3. The molecule has 0 radical (unpaired) electrons. The molecule has 1 heterocycles. The van der Waals surface area contributed by atoms with Crippen molar-refractivity contribution < 1.29 is 13.2 Å². The highest BCUT2D eigenvalue weighted by molar-refractivity contribution is 5.35. The molecule has 2 rings (SSSR count). The fourth-order valence-electron chi connectivity index (χ4n) is 1.29. The van der Waals surface area contributed by atoms with E-state index in [0.717, 1.165) is 4.68 Å². The molecule has 1 aromatic heterocycles. The van der Waals surface area contributed by atoms with E-state index in [2.05, 4.69) is 5.10 Å². The van der Waals surface area contributed by atoms with Crippen LogP contribution in [0, 0.1) is 24.4 Å². The zero-order valence-electron chi connectivity index (χ0n) is 7.84. The molecule has 0 unspecified atom stereocenters. The first-order valence-electron chi connectivity index (χ1n) is 4.25.